The Morgan fingerprint density at radius 2 is 1.96 bits per heavy atom. The summed E-state index contributed by atoms with van der Waals surface area (Å²) in [6, 6.07) is 11.2. The second-order valence-corrected chi connectivity index (χ2v) is 7.99. The molecule has 0 atom stereocenters. The van der Waals surface area contributed by atoms with E-state index in [0.717, 1.165) is 21.9 Å². The summed E-state index contributed by atoms with van der Waals surface area (Å²) in [5, 5.41) is 5.13. The van der Waals surface area contributed by atoms with Gasteiger partial charge in [-0.3, -0.25) is 9.59 Å². The van der Waals surface area contributed by atoms with Gasteiger partial charge in [-0.25, -0.2) is 4.98 Å². The number of thiazole rings is 1. The molecule has 0 fully saturated rings. The van der Waals surface area contributed by atoms with Gasteiger partial charge in [0.25, 0.3) is 5.91 Å². The molecule has 27 heavy (non-hydrogen) atoms. The molecule has 0 saturated heterocycles. The highest BCUT2D eigenvalue weighted by Gasteiger charge is 2.17. The van der Waals surface area contributed by atoms with Gasteiger partial charge in [0.2, 0.25) is 5.91 Å². The summed E-state index contributed by atoms with van der Waals surface area (Å²) in [7, 11) is 3.23. The smallest absolute Gasteiger partial charge is 0.264 e. The molecule has 140 valence electrons. The Hall–Kier alpha value is -2.71. The fraction of sp³-hybridized carbons (Fsp3) is 0.211. The zero-order chi connectivity index (χ0) is 19.4. The SMILES string of the molecule is COc1ccc(-c2nc(NC(=O)CN(C)C(=O)c3cccs3)sc2C)cc1. The minimum atomic E-state index is -0.280. The van der Waals surface area contributed by atoms with Crippen molar-refractivity contribution in [2.24, 2.45) is 0 Å². The van der Waals surface area contributed by atoms with Crippen LogP contribution in [0.2, 0.25) is 0 Å². The fourth-order valence-electron chi connectivity index (χ4n) is 2.50. The molecule has 2 amide bonds. The van der Waals surface area contributed by atoms with Gasteiger partial charge in [0.1, 0.15) is 5.75 Å². The van der Waals surface area contributed by atoms with Crippen LogP contribution >= 0.6 is 22.7 Å². The number of amides is 2. The standard InChI is InChI=1S/C19H19N3O3S2/c1-12-17(13-6-8-14(25-3)9-7-13)21-19(27-12)20-16(23)11-22(2)18(24)15-5-4-10-26-15/h4-10H,11H2,1-3H3,(H,20,21,23). The third kappa shape index (κ3) is 4.53. The molecule has 0 saturated carbocycles. The van der Waals surface area contributed by atoms with Crippen LogP contribution in [0.1, 0.15) is 14.5 Å². The highest BCUT2D eigenvalue weighted by Crippen LogP contribution is 2.31. The van der Waals surface area contributed by atoms with Gasteiger partial charge in [-0.2, -0.15) is 0 Å². The molecule has 0 radical (unpaired) electrons. The highest BCUT2D eigenvalue weighted by atomic mass is 32.1. The number of hydrogen-bond donors (Lipinski definition) is 1. The van der Waals surface area contributed by atoms with E-state index in [-0.39, 0.29) is 18.4 Å². The highest BCUT2D eigenvalue weighted by molar-refractivity contribution is 7.16. The van der Waals surface area contributed by atoms with E-state index in [4.69, 9.17) is 4.74 Å². The number of benzene rings is 1. The van der Waals surface area contributed by atoms with Gasteiger partial charge < -0.3 is 15.0 Å². The molecule has 0 unspecified atom stereocenters. The first kappa shape index (κ1) is 19.1. The summed E-state index contributed by atoms with van der Waals surface area (Å²) in [4.78, 5) is 32.0. The Morgan fingerprint density at radius 3 is 2.59 bits per heavy atom. The number of ether oxygens (including phenoxy) is 1. The van der Waals surface area contributed by atoms with E-state index in [2.05, 4.69) is 10.3 Å². The summed E-state index contributed by atoms with van der Waals surface area (Å²) < 4.78 is 5.17. The molecule has 0 bridgehead atoms. The molecule has 2 heterocycles. The lowest BCUT2D eigenvalue weighted by atomic mass is 10.1. The minimum Gasteiger partial charge on any atom is -0.497 e. The second kappa shape index (κ2) is 8.32. The number of methoxy groups -OCH3 is 1. The number of carbonyl (C=O) groups is 2. The number of thiophene rings is 1. The number of anilines is 1. The van der Waals surface area contributed by atoms with E-state index < -0.39 is 0 Å². The number of carbonyl (C=O) groups excluding carboxylic acids is 2. The Balaban J connectivity index is 1.65. The first-order valence-electron chi connectivity index (χ1n) is 8.18. The van der Waals surface area contributed by atoms with E-state index in [1.807, 2.05) is 42.6 Å². The van der Waals surface area contributed by atoms with Crippen molar-refractivity contribution in [2.45, 2.75) is 6.92 Å². The molecule has 2 aromatic heterocycles. The van der Waals surface area contributed by atoms with Crippen molar-refractivity contribution in [3.05, 3.63) is 51.5 Å². The van der Waals surface area contributed by atoms with Crippen molar-refractivity contribution in [2.75, 3.05) is 26.0 Å². The van der Waals surface area contributed by atoms with E-state index in [1.165, 1.54) is 27.6 Å². The number of nitrogens with one attached hydrogen (secondary N) is 1. The molecule has 3 rings (SSSR count). The van der Waals surface area contributed by atoms with Crippen molar-refractivity contribution in [3.63, 3.8) is 0 Å². The Bertz CT molecular complexity index is 934. The third-order valence-corrected chi connectivity index (χ3v) is 5.61. The number of hydrogen-bond acceptors (Lipinski definition) is 6. The number of nitrogens with zero attached hydrogens (tertiary/aromatic N) is 2. The number of aromatic nitrogens is 1. The van der Waals surface area contributed by atoms with Crippen molar-refractivity contribution >= 4 is 39.6 Å². The Labute approximate surface area is 165 Å². The van der Waals surface area contributed by atoms with Crippen LogP contribution in [0.3, 0.4) is 0 Å². The third-order valence-electron chi connectivity index (χ3n) is 3.87. The molecule has 6 nitrogen and oxygen atoms in total. The van der Waals surface area contributed by atoms with E-state index in [1.54, 1.807) is 20.2 Å². The van der Waals surface area contributed by atoms with Crippen LogP contribution in [0, 0.1) is 6.92 Å². The van der Waals surface area contributed by atoms with Crippen molar-refractivity contribution < 1.29 is 14.3 Å². The summed E-state index contributed by atoms with van der Waals surface area (Å²) in [5.74, 6) is 0.324. The van der Waals surface area contributed by atoms with Gasteiger partial charge in [-0.05, 0) is 42.6 Å². The van der Waals surface area contributed by atoms with Crippen LogP contribution in [-0.4, -0.2) is 42.4 Å². The van der Waals surface area contributed by atoms with Crippen molar-refractivity contribution in [1.29, 1.82) is 0 Å². The number of aryl methyl sites for hydroxylation is 1. The van der Waals surface area contributed by atoms with E-state index in [0.29, 0.717) is 10.0 Å². The zero-order valence-electron chi connectivity index (χ0n) is 15.2. The van der Waals surface area contributed by atoms with Crippen LogP contribution in [0.4, 0.5) is 5.13 Å². The molecule has 1 N–H and O–H groups in total. The van der Waals surface area contributed by atoms with Gasteiger partial charge in [0.15, 0.2) is 5.13 Å². The maximum atomic E-state index is 12.3. The summed E-state index contributed by atoms with van der Waals surface area (Å²) in [6.07, 6.45) is 0. The molecule has 0 aliphatic heterocycles. The largest absolute Gasteiger partial charge is 0.497 e. The molecule has 1 aromatic carbocycles. The lowest BCUT2D eigenvalue weighted by molar-refractivity contribution is -0.116. The van der Waals surface area contributed by atoms with E-state index in [9.17, 15) is 9.59 Å². The lowest BCUT2D eigenvalue weighted by Gasteiger charge is -2.15. The predicted molar refractivity (Wildman–Crippen MR) is 109 cm³/mol. The molecule has 3 aromatic rings. The van der Waals surface area contributed by atoms with E-state index >= 15 is 0 Å². The van der Waals surface area contributed by atoms with Crippen molar-refractivity contribution in [3.8, 4) is 17.0 Å². The monoisotopic (exact) mass is 401 g/mol. The molecule has 0 aliphatic rings. The van der Waals surface area contributed by atoms with Crippen LogP contribution in [0.15, 0.2) is 41.8 Å². The van der Waals surface area contributed by atoms with Crippen LogP contribution in [0.5, 0.6) is 5.75 Å². The lowest BCUT2D eigenvalue weighted by Crippen LogP contribution is -2.34. The number of rotatable bonds is 6. The molecular formula is C19H19N3O3S2. The summed E-state index contributed by atoms with van der Waals surface area (Å²) in [6.45, 7) is 1.92. The van der Waals surface area contributed by atoms with Crippen LogP contribution in [-0.2, 0) is 4.79 Å². The second-order valence-electron chi connectivity index (χ2n) is 5.84. The average Bonchev–Trinajstić information content (AvgIpc) is 3.31. The summed E-state index contributed by atoms with van der Waals surface area (Å²) >= 11 is 2.76. The molecule has 8 heteroatoms. The normalized spacial score (nSPS) is 10.5. The maximum Gasteiger partial charge on any atom is 0.264 e. The van der Waals surface area contributed by atoms with Crippen LogP contribution in [0.25, 0.3) is 11.3 Å². The van der Waals surface area contributed by atoms with Crippen molar-refractivity contribution in [1.82, 2.24) is 9.88 Å². The van der Waals surface area contributed by atoms with Gasteiger partial charge in [0.05, 0.1) is 24.2 Å². The predicted octanol–water partition coefficient (Wildman–Crippen LogP) is 3.90. The first-order valence-corrected chi connectivity index (χ1v) is 9.88. The van der Waals surface area contributed by atoms with Gasteiger partial charge in [0, 0.05) is 17.5 Å². The fourth-order valence-corrected chi connectivity index (χ4v) is 4.07. The topological polar surface area (TPSA) is 71.5 Å². The first-order chi connectivity index (χ1) is 13.0. The van der Waals surface area contributed by atoms with Gasteiger partial charge in [-0.15, -0.1) is 22.7 Å². The number of likely N-dealkylation sites (N-methyl/N-ethyl adjacent to an activating group) is 1. The quantitative estimate of drug-likeness (QED) is 0.680. The molecule has 0 aliphatic carbocycles. The Morgan fingerprint density at radius 1 is 1.22 bits per heavy atom. The zero-order valence-corrected chi connectivity index (χ0v) is 16.8. The molecule has 0 spiro atoms. The average molecular weight is 402 g/mol. The summed E-state index contributed by atoms with van der Waals surface area (Å²) in [5.41, 5.74) is 1.77. The maximum absolute atomic E-state index is 12.3. The Kier molecular flexibility index (Phi) is 5.88. The molecular weight excluding hydrogens is 382 g/mol. The van der Waals surface area contributed by atoms with Gasteiger partial charge in [-0.1, -0.05) is 6.07 Å². The van der Waals surface area contributed by atoms with Gasteiger partial charge >= 0.3 is 0 Å². The van der Waals surface area contributed by atoms with Crippen LogP contribution < -0.4 is 10.1 Å². The minimum absolute atomic E-state index is 0.0345.